The van der Waals surface area contributed by atoms with Gasteiger partial charge in [0.1, 0.15) is 29.9 Å². The number of nitrogens with one attached hydrogen (secondary N) is 2. The molecular weight excluding hydrogens is 568 g/mol. The molecule has 2 aliphatic rings. The molecule has 0 spiro atoms. The number of carboxylic acids is 1. The van der Waals surface area contributed by atoms with E-state index in [1.807, 2.05) is 48.5 Å². The third kappa shape index (κ3) is 5.36. The molecule has 216 valence electrons. The summed E-state index contributed by atoms with van der Waals surface area (Å²) in [6, 6.07) is 16.3. The predicted molar refractivity (Wildman–Crippen MR) is 150 cm³/mol. The number of fused-ring (bicyclic) bond motifs is 3. The number of nitrogens with zero attached hydrogens (tertiary/aromatic N) is 2. The first-order valence-corrected chi connectivity index (χ1v) is 13.3. The highest BCUT2D eigenvalue weighted by molar-refractivity contribution is 6.32. The molecule has 1 fully saturated rings. The second-order valence-electron chi connectivity index (χ2n) is 9.93. The van der Waals surface area contributed by atoms with Gasteiger partial charge in [0.15, 0.2) is 0 Å². The Bertz CT molecular complexity index is 1570. The molecule has 0 unspecified atom stereocenters. The lowest BCUT2D eigenvalue weighted by molar-refractivity contribution is -0.384. The number of rotatable bonds is 7. The van der Waals surface area contributed by atoms with Crippen molar-refractivity contribution in [2.75, 3.05) is 6.61 Å². The van der Waals surface area contributed by atoms with Crippen LogP contribution in [0.1, 0.15) is 42.1 Å². The Kier molecular flexibility index (Phi) is 7.81. The van der Waals surface area contributed by atoms with Crippen molar-refractivity contribution in [2.24, 2.45) is 0 Å². The van der Waals surface area contributed by atoms with Crippen LogP contribution < -0.4 is 10.6 Å². The Morgan fingerprint density at radius 2 is 1.74 bits per heavy atom. The maximum absolute atomic E-state index is 13.6. The van der Waals surface area contributed by atoms with E-state index >= 15 is 0 Å². The maximum Gasteiger partial charge on any atom is 0.407 e. The molecule has 42 heavy (non-hydrogen) atoms. The van der Waals surface area contributed by atoms with E-state index in [0.29, 0.717) is 0 Å². The summed E-state index contributed by atoms with van der Waals surface area (Å²) < 4.78 is 5.51. The Balaban J connectivity index is 1.33. The third-order valence-electron chi connectivity index (χ3n) is 7.36. The normalized spacial score (nSPS) is 18.3. The molecule has 3 N–H and O–H groups in total. The molecule has 3 aromatic rings. The van der Waals surface area contributed by atoms with E-state index in [1.165, 1.54) is 19.1 Å². The topological polar surface area (TPSA) is 168 Å². The Labute approximate surface area is 244 Å². The van der Waals surface area contributed by atoms with E-state index in [-0.39, 0.29) is 23.1 Å². The first kappa shape index (κ1) is 28.6. The minimum Gasteiger partial charge on any atom is -0.480 e. The molecule has 0 aromatic heterocycles. The fraction of sp³-hybridized carbons (Fsp3) is 0.241. The average Bonchev–Trinajstić information content (AvgIpc) is 3.29. The zero-order chi connectivity index (χ0) is 30.1. The summed E-state index contributed by atoms with van der Waals surface area (Å²) in [7, 11) is 0. The van der Waals surface area contributed by atoms with Gasteiger partial charge in [0.25, 0.3) is 5.69 Å². The largest absolute Gasteiger partial charge is 0.480 e. The molecule has 1 aliphatic heterocycles. The summed E-state index contributed by atoms with van der Waals surface area (Å²) in [5, 5.41) is 26.1. The number of amides is 3. The van der Waals surface area contributed by atoms with Crippen LogP contribution in [-0.4, -0.2) is 57.5 Å². The quantitative estimate of drug-likeness (QED) is 0.273. The van der Waals surface area contributed by atoms with Crippen molar-refractivity contribution in [1.29, 1.82) is 0 Å². The van der Waals surface area contributed by atoms with Crippen molar-refractivity contribution >= 4 is 41.2 Å². The summed E-state index contributed by atoms with van der Waals surface area (Å²) >= 11 is 5.91. The van der Waals surface area contributed by atoms with Crippen molar-refractivity contribution in [2.45, 2.75) is 37.5 Å². The molecule has 5 rings (SSSR count). The minimum absolute atomic E-state index is 0.00460. The first-order valence-electron chi connectivity index (χ1n) is 13.0. The van der Waals surface area contributed by atoms with E-state index in [9.17, 15) is 34.4 Å². The zero-order valence-corrected chi connectivity index (χ0v) is 22.9. The minimum atomic E-state index is -1.60. The monoisotopic (exact) mass is 592 g/mol. The van der Waals surface area contributed by atoms with Crippen LogP contribution in [0.2, 0.25) is 5.02 Å². The molecular formula is C29H25ClN4O8. The summed E-state index contributed by atoms with van der Waals surface area (Å²) in [5.74, 6) is -3.20. The Morgan fingerprint density at radius 1 is 1.12 bits per heavy atom. The van der Waals surface area contributed by atoms with Crippen molar-refractivity contribution < 1.29 is 33.9 Å². The number of aliphatic carboxylic acids is 1. The van der Waals surface area contributed by atoms with Gasteiger partial charge in [-0.05, 0) is 35.2 Å². The predicted octanol–water partition coefficient (Wildman–Crippen LogP) is 3.98. The first-order chi connectivity index (χ1) is 20.1. The van der Waals surface area contributed by atoms with Crippen LogP contribution in [0.25, 0.3) is 11.1 Å². The van der Waals surface area contributed by atoms with E-state index in [2.05, 4.69) is 10.6 Å². The highest BCUT2D eigenvalue weighted by atomic mass is 35.5. The Morgan fingerprint density at radius 3 is 2.33 bits per heavy atom. The number of ether oxygens (including phenoxy) is 1. The highest BCUT2D eigenvalue weighted by Crippen LogP contribution is 2.44. The molecule has 13 heteroatoms. The number of halogens is 1. The number of alkyl carbamates (subject to hydrolysis) is 1. The van der Waals surface area contributed by atoms with E-state index in [1.54, 1.807) is 0 Å². The van der Waals surface area contributed by atoms with Crippen LogP contribution in [0.3, 0.4) is 0 Å². The van der Waals surface area contributed by atoms with Crippen molar-refractivity contribution in [3.05, 3.63) is 98.6 Å². The van der Waals surface area contributed by atoms with Gasteiger partial charge in [0.05, 0.1) is 11.3 Å². The lowest BCUT2D eigenvalue weighted by Crippen LogP contribution is -2.61. The zero-order valence-electron chi connectivity index (χ0n) is 22.2. The number of carbonyl (C=O) groups excluding carboxylic acids is 3. The summed E-state index contributed by atoms with van der Waals surface area (Å²) in [6.07, 6.45) is -2.82. The molecule has 1 aliphatic carbocycles. The van der Waals surface area contributed by atoms with Gasteiger partial charge in [-0.25, -0.2) is 9.59 Å². The van der Waals surface area contributed by atoms with Crippen LogP contribution in [0.4, 0.5) is 10.5 Å². The number of hydrogen-bond acceptors (Lipinski definition) is 7. The molecule has 1 saturated heterocycles. The molecule has 0 bridgehead atoms. The molecule has 3 aromatic carbocycles. The Hall–Kier alpha value is -4.97. The molecule has 0 radical (unpaired) electrons. The number of hydrogen-bond donors (Lipinski definition) is 3. The van der Waals surface area contributed by atoms with Gasteiger partial charge in [0, 0.05) is 17.5 Å². The number of nitro groups is 1. The molecule has 3 atom stereocenters. The van der Waals surface area contributed by atoms with Crippen molar-refractivity contribution in [1.82, 2.24) is 15.5 Å². The van der Waals surface area contributed by atoms with E-state index in [0.717, 1.165) is 33.2 Å². The summed E-state index contributed by atoms with van der Waals surface area (Å²) in [5.41, 5.74) is 3.68. The van der Waals surface area contributed by atoms with Crippen LogP contribution in [0, 0.1) is 10.1 Å². The van der Waals surface area contributed by atoms with E-state index < -0.39 is 59.2 Å². The highest BCUT2D eigenvalue weighted by Gasteiger charge is 2.44. The van der Waals surface area contributed by atoms with Gasteiger partial charge >= 0.3 is 12.1 Å². The lowest BCUT2D eigenvalue weighted by atomic mass is 9.98. The number of nitro benzene ring substituents is 1. The fourth-order valence-corrected chi connectivity index (χ4v) is 5.59. The van der Waals surface area contributed by atoms with Gasteiger partial charge in [-0.2, -0.15) is 0 Å². The number of carbonyl (C=O) groups is 4. The summed E-state index contributed by atoms with van der Waals surface area (Å²) in [6.45, 7) is 1.34. The third-order valence-corrected chi connectivity index (χ3v) is 7.68. The smallest absolute Gasteiger partial charge is 0.407 e. The molecule has 1 heterocycles. The lowest BCUT2D eigenvalue weighted by Gasteiger charge is -2.41. The number of benzene rings is 3. The molecule has 12 nitrogen and oxygen atoms in total. The van der Waals surface area contributed by atoms with Gasteiger partial charge in [-0.1, -0.05) is 66.2 Å². The van der Waals surface area contributed by atoms with Gasteiger partial charge in [-0.15, -0.1) is 0 Å². The molecule has 3 amide bonds. The van der Waals surface area contributed by atoms with Gasteiger partial charge < -0.3 is 25.4 Å². The van der Waals surface area contributed by atoms with Crippen LogP contribution in [0.15, 0.2) is 66.7 Å². The van der Waals surface area contributed by atoms with Crippen molar-refractivity contribution in [3.63, 3.8) is 0 Å². The van der Waals surface area contributed by atoms with Crippen LogP contribution in [-0.2, 0) is 19.1 Å². The van der Waals surface area contributed by atoms with Crippen molar-refractivity contribution in [3.8, 4) is 11.1 Å². The second kappa shape index (κ2) is 11.5. The molecule has 0 saturated carbocycles. The fourth-order valence-electron chi connectivity index (χ4n) is 5.41. The average molecular weight is 593 g/mol. The second-order valence-corrected chi connectivity index (χ2v) is 10.3. The van der Waals surface area contributed by atoms with Gasteiger partial charge in [-0.3, -0.25) is 19.7 Å². The van der Waals surface area contributed by atoms with Crippen LogP contribution in [0.5, 0.6) is 0 Å². The SMILES string of the molecule is C[C@@H](NC(=O)OCC1c2ccccc2-c2ccccc21)C(=O)N1[C@@H](c2ccc(Cl)c([N+](=O)[O-])c2)NC(=O)C[C@H]1C(=O)O. The summed E-state index contributed by atoms with van der Waals surface area (Å²) in [4.78, 5) is 62.5. The maximum atomic E-state index is 13.6. The standard InChI is InChI=1S/C29H25ClN4O8/c1-15(31-29(39)42-14-21-19-8-4-2-6-17(19)18-7-3-5-9-20(18)21)27(36)33-24(28(37)38)13-25(35)32-26(33)16-10-11-22(30)23(12-16)34(40)41/h2-12,15,21,24,26H,13-14H2,1H3,(H,31,39)(H,32,35)(H,37,38)/t15-,24+,26+/m1/s1. The number of carboxylic acid groups (broad SMARTS) is 1. The van der Waals surface area contributed by atoms with E-state index in [4.69, 9.17) is 16.3 Å². The van der Waals surface area contributed by atoms with Gasteiger partial charge in [0.2, 0.25) is 11.8 Å². The van der Waals surface area contributed by atoms with Crippen LogP contribution >= 0.6 is 11.6 Å².